The van der Waals surface area contributed by atoms with Crippen LogP contribution >= 0.6 is 0 Å². The number of anilines is 2. The van der Waals surface area contributed by atoms with E-state index >= 15 is 0 Å². The minimum atomic E-state index is -0.294. The monoisotopic (exact) mass is 268 g/mol. The molecular weight excluding hydrogens is 252 g/mol. The van der Waals surface area contributed by atoms with Crippen LogP contribution in [-0.2, 0) is 9.59 Å². The maximum Gasteiger partial charge on any atom is 0.230 e. The molecular formula is C16H16N2O2. The SMILES string of the molecule is CC(=O)N(C(C)=O)c1ccc(-c2ccc(N)cc2)cc1. The van der Waals surface area contributed by atoms with Gasteiger partial charge in [-0.3, -0.25) is 14.5 Å². The first-order valence-corrected chi connectivity index (χ1v) is 6.26. The van der Waals surface area contributed by atoms with Gasteiger partial charge >= 0.3 is 0 Å². The molecule has 0 atom stereocenters. The molecule has 4 heteroatoms. The molecule has 0 saturated carbocycles. The quantitative estimate of drug-likeness (QED) is 0.852. The second-order valence-corrected chi connectivity index (χ2v) is 4.54. The van der Waals surface area contributed by atoms with Crippen LogP contribution in [-0.4, -0.2) is 11.8 Å². The first-order chi connectivity index (χ1) is 9.49. The van der Waals surface area contributed by atoms with E-state index in [1.807, 2.05) is 36.4 Å². The highest BCUT2D eigenvalue weighted by atomic mass is 16.2. The number of hydrogen-bond donors (Lipinski definition) is 1. The molecule has 4 nitrogen and oxygen atoms in total. The minimum Gasteiger partial charge on any atom is -0.399 e. The zero-order valence-electron chi connectivity index (χ0n) is 11.5. The molecule has 0 heterocycles. The van der Waals surface area contributed by atoms with E-state index in [1.165, 1.54) is 13.8 Å². The fraction of sp³-hybridized carbons (Fsp3) is 0.125. The molecule has 0 radical (unpaired) electrons. The first-order valence-electron chi connectivity index (χ1n) is 6.26. The highest BCUT2D eigenvalue weighted by molar-refractivity contribution is 6.13. The molecule has 0 aromatic heterocycles. The summed E-state index contributed by atoms with van der Waals surface area (Å²) in [6.07, 6.45) is 0. The molecule has 0 aliphatic heterocycles. The van der Waals surface area contributed by atoms with Crippen LogP contribution in [0.15, 0.2) is 48.5 Å². The topological polar surface area (TPSA) is 63.4 Å². The maximum atomic E-state index is 11.5. The number of nitrogens with two attached hydrogens (primary N) is 1. The number of rotatable bonds is 2. The number of carbonyl (C=O) groups excluding carboxylic acids is 2. The molecule has 2 N–H and O–H groups in total. The second-order valence-electron chi connectivity index (χ2n) is 4.54. The molecule has 0 saturated heterocycles. The lowest BCUT2D eigenvalue weighted by Gasteiger charge is -2.17. The van der Waals surface area contributed by atoms with Crippen LogP contribution in [0.4, 0.5) is 11.4 Å². The number of amides is 2. The Labute approximate surface area is 117 Å². The molecule has 20 heavy (non-hydrogen) atoms. The van der Waals surface area contributed by atoms with E-state index in [1.54, 1.807) is 12.1 Å². The zero-order chi connectivity index (χ0) is 14.7. The second kappa shape index (κ2) is 5.57. The summed E-state index contributed by atoms with van der Waals surface area (Å²) in [7, 11) is 0. The number of benzene rings is 2. The van der Waals surface area contributed by atoms with Gasteiger partial charge in [0.1, 0.15) is 0 Å². The first kappa shape index (κ1) is 13.8. The van der Waals surface area contributed by atoms with Crippen molar-refractivity contribution >= 4 is 23.2 Å². The Morgan fingerprint density at radius 1 is 0.800 bits per heavy atom. The molecule has 0 aliphatic carbocycles. The van der Waals surface area contributed by atoms with Crippen molar-refractivity contribution in [3.05, 3.63) is 48.5 Å². The van der Waals surface area contributed by atoms with E-state index in [9.17, 15) is 9.59 Å². The van der Waals surface area contributed by atoms with E-state index in [2.05, 4.69) is 0 Å². The predicted octanol–water partition coefficient (Wildman–Crippen LogP) is 2.84. The van der Waals surface area contributed by atoms with E-state index in [-0.39, 0.29) is 11.8 Å². The molecule has 2 amide bonds. The van der Waals surface area contributed by atoms with Gasteiger partial charge in [-0.1, -0.05) is 24.3 Å². The summed E-state index contributed by atoms with van der Waals surface area (Å²) in [5, 5.41) is 0. The number of nitrogen functional groups attached to an aromatic ring is 1. The van der Waals surface area contributed by atoms with Gasteiger partial charge in [-0.2, -0.15) is 0 Å². The molecule has 0 aliphatic rings. The van der Waals surface area contributed by atoms with Crippen LogP contribution in [0.5, 0.6) is 0 Å². The third-order valence-corrected chi connectivity index (χ3v) is 3.00. The van der Waals surface area contributed by atoms with Gasteiger partial charge in [0.15, 0.2) is 0 Å². The lowest BCUT2D eigenvalue weighted by molar-refractivity contribution is -0.124. The molecule has 0 fully saturated rings. The maximum absolute atomic E-state index is 11.5. The number of nitrogens with zero attached hydrogens (tertiary/aromatic N) is 1. The number of hydrogen-bond acceptors (Lipinski definition) is 3. The van der Waals surface area contributed by atoms with Crippen molar-refractivity contribution in [3.63, 3.8) is 0 Å². The summed E-state index contributed by atoms with van der Waals surface area (Å²) in [4.78, 5) is 24.1. The fourth-order valence-electron chi connectivity index (χ4n) is 2.06. The Morgan fingerprint density at radius 2 is 1.20 bits per heavy atom. The molecule has 2 aromatic rings. The van der Waals surface area contributed by atoms with Crippen molar-refractivity contribution in [2.24, 2.45) is 0 Å². The van der Waals surface area contributed by atoms with Gasteiger partial charge in [0.25, 0.3) is 0 Å². The van der Waals surface area contributed by atoms with Gasteiger partial charge in [0.2, 0.25) is 11.8 Å². The molecule has 2 aromatic carbocycles. The summed E-state index contributed by atoms with van der Waals surface area (Å²) in [5.41, 5.74) is 8.97. The standard InChI is InChI=1S/C16H16N2O2/c1-11(19)18(12(2)20)16-9-5-14(6-10-16)13-3-7-15(17)8-4-13/h3-10H,17H2,1-2H3. The number of carbonyl (C=O) groups is 2. The summed E-state index contributed by atoms with van der Waals surface area (Å²) in [5.74, 6) is -0.588. The summed E-state index contributed by atoms with van der Waals surface area (Å²) in [6.45, 7) is 2.74. The zero-order valence-corrected chi connectivity index (χ0v) is 11.5. The van der Waals surface area contributed by atoms with Crippen LogP contribution in [0.2, 0.25) is 0 Å². The molecule has 0 unspecified atom stereocenters. The normalized spacial score (nSPS) is 10.1. The van der Waals surface area contributed by atoms with E-state index in [0.29, 0.717) is 11.4 Å². The van der Waals surface area contributed by atoms with Gasteiger partial charge in [-0.15, -0.1) is 0 Å². The predicted molar refractivity (Wildman–Crippen MR) is 80.1 cm³/mol. The average Bonchev–Trinajstić information content (AvgIpc) is 2.40. The largest absolute Gasteiger partial charge is 0.399 e. The summed E-state index contributed by atoms with van der Waals surface area (Å²) in [6, 6.07) is 14.8. The van der Waals surface area contributed by atoms with Crippen LogP contribution < -0.4 is 10.6 Å². The third-order valence-electron chi connectivity index (χ3n) is 3.00. The highest BCUT2D eigenvalue weighted by Gasteiger charge is 2.15. The third kappa shape index (κ3) is 2.85. The molecule has 2 rings (SSSR count). The average molecular weight is 268 g/mol. The molecule has 0 bridgehead atoms. The van der Waals surface area contributed by atoms with Gasteiger partial charge in [-0.25, -0.2) is 0 Å². The smallest absolute Gasteiger partial charge is 0.230 e. The van der Waals surface area contributed by atoms with Crippen molar-refractivity contribution in [3.8, 4) is 11.1 Å². The lowest BCUT2D eigenvalue weighted by atomic mass is 10.0. The Balaban J connectivity index is 2.32. The fourth-order valence-corrected chi connectivity index (χ4v) is 2.06. The van der Waals surface area contributed by atoms with E-state index in [4.69, 9.17) is 5.73 Å². The van der Waals surface area contributed by atoms with E-state index < -0.39 is 0 Å². The van der Waals surface area contributed by atoms with Crippen molar-refractivity contribution in [2.75, 3.05) is 10.6 Å². The van der Waals surface area contributed by atoms with Gasteiger partial charge in [0.05, 0.1) is 5.69 Å². The Morgan fingerprint density at radius 3 is 1.60 bits per heavy atom. The van der Waals surface area contributed by atoms with Crippen LogP contribution in [0, 0.1) is 0 Å². The molecule has 0 spiro atoms. The Bertz CT molecular complexity index is 617. The Kier molecular flexibility index (Phi) is 3.84. The van der Waals surface area contributed by atoms with Crippen LogP contribution in [0.3, 0.4) is 0 Å². The van der Waals surface area contributed by atoms with Crippen molar-refractivity contribution in [1.29, 1.82) is 0 Å². The van der Waals surface area contributed by atoms with Gasteiger partial charge < -0.3 is 5.73 Å². The Hall–Kier alpha value is -2.62. The van der Waals surface area contributed by atoms with Gasteiger partial charge in [0, 0.05) is 19.5 Å². The lowest BCUT2D eigenvalue weighted by Crippen LogP contribution is -2.32. The minimum absolute atomic E-state index is 0.294. The summed E-state index contributed by atoms with van der Waals surface area (Å²) >= 11 is 0. The van der Waals surface area contributed by atoms with Gasteiger partial charge in [-0.05, 0) is 35.4 Å². The van der Waals surface area contributed by atoms with E-state index in [0.717, 1.165) is 16.0 Å². The number of imide groups is 1. The van der Waals surface area contributed by atoms with Crippen molar-refractivity contribution in [1.82, 2.24) is 0 Å². The van der Waals surface area contributed by atoms with Crippen molar-refractivity contribution < 1.29 is 9.59 Å². The molecule has 102 valence electrons. The van der Waals surface area contributed by atoms with Crippen LogP contribution in [0.1, 0.15) is 13.8 Å². The van der Waals surface area contributed by atoms with Crippen molar-refractivity contribution in [2.45, 2.75) is 13.8 Å². The highest BCUT2D eigenvalue weighted by Crippen LogP contribution is 2.24. The van der Waals surface area contributed by atoms with Crippen LogP contribution in [0.25, 0.3) is 11.1 Å². The summed E-state index contributed by atoms with van der Waals surface area (Å²) < 4.78 is 0.